The number of phenols is 6. The fourth-order valence-electron chi connectivity index (χ4n) is 6.31. The van der Waals surface area contributed by atoms with Crippen molar-refractivity contribution in [3.63, 3.8) is 0 Å². The summed E-state index contributed by atoms with van der Waals surface area (Å²) in [5, 5.41) is 61.2. The maximum absolute atomic E-state index is 11.3. The molecule has 69 heavy (non-hydrogen) atoms. The van der Waals surface area contributed by atoms with E-state index in [0.717, 1.165) is 5.56 Å². The second kappa shape index (κ2) is 36.6. The first kappa shape index (κ1) is 65.8. The molecule has 0 heterocycles. The molecule has 0 aliphatic heterocycles. The van der Waals surface area contributed by atoms with Gasteiger partial charge < -0.3 is 44.8 Å². The SMILES string of the molecule is C.CC.CC.CC.CC.CC.CC.COc1cc(C(c2ccc(O)c(C=O)c2)c2ccc(O)c(C=O)c2)ccc1O.COc1ccc(O)c(C(c2cc(C=O)ccc2O)c2cc(OC)ccc2O)c1. The van der Waals surface area contributed by atoms with Gasteiger partial charge in [-0.15, -0.1) is 0 Å². The largest absolute Gasteiger partial charge is 0.508 e. The average molecular weight is 955 g/mol. The topological polar surface area (TPSA) is 200 Å². The number of methoxy groups -OCH3 is 3. The molecular formula is C57H78O12. The zero-order valence-electron chi connectivity index (χ0n) is 42.4. The Morgan fingerprint density at radius 3 is 1.04 bits per heavy atom. The van der Waals surface area contributed by atoms with Gasteiger partial charge >= 0.3 is 0 Å². The lowest BCUT2D eigenvalue weighted by molar-refractivity contribution is 0.111. The van der Waals surface area contributed by atoms with Crippen molar-refractivity contribution < 1.29 is 59.2 Å². The fourth-order valence-corrected chi connectivity index (χ4v) is 6.31. The van der Waals surface area contributed by atoms with Gasteiger partial charge in [-0.3, -0.25) is 14.4 Å². The minimum atomic E-state index is -0.787. The Bertz CT molecular complexity index is 2280. The molecule has 6 rings (SSSR count). The van der Waals surface area contributed by atoms with Gasteiger partial charge in [-0.05, 0) is 108 Å². The predicted molar refractivity (Wildman–Crippen MR) is 281 cm³/mol. The first-order valence-electron chi connectivity index (χ1n) is 22.9. The number of aromatic hydroxyl groups is 6. The van der Waals surface area contributed by atoms with E-state index in [-0.39, 0.29) is 58.8 Å². The van der Waals surface area contributed by atoms with Crippen LogP contribution in [0.1, 0.15) is 167 Å². The molecule has 12 nitrogen and oxygen atoms in total. The van der Waals surface area contributed by atoms with Crippen LogP contribution in [0, 0.1) is 0 Å². The molecule has 0 spiro atoms. The van der Waals surface area contributed by atoms with Crippen LogP contribution in [0.3, 0.4) is 0 Å². The molecule has 0 saturated carbocycles. The molecule has 0 bridgehead atoms. The van der Waals surface area contributed by atoms with Crippen LogP contribution in [0.2, 0.25) is 0 Å². The molecule has 0 fully saturated rings. The highest BCUT2D eigenvalue weighted by atomic mass is 16.5. The van der Waals surface area contributed by atoms with Gasteiger partial charge in [0.15, 0.2) is 24.1 Å². The van der Waals surface area contributed by atoms with Gasteiger partial charge in [-0.25, -0.2) is 0 Å². The molecule has 6 aromatic carbocycles. The Kier molecular flexibility index (Phi) is 34.9. The number of ether oxygens (including phenoxy) is 3. The molecule has 0 atom stereocenters. The number of carbonyl (C=O) groups is 3. The van der Waals surface area contributed by atoms with Crippen molar-refractivity contribution in [2.75, 3.05) is 21.3 Å². The van der Waals surface area contributed by atoms with Crippen molar-refractivity contribution in [2.24, 2.45) is 0 Å². The molecule has 0 saturated heterocycles. The summed E-state index contributed by atoms with van der Waals surface area (Å²) in [5.74, 6) is -0.474. The van der Waals surface area contributed by atoms with E-state index in [1.807, 2.05) is 83.1 Å². The van der Waals surface area contributed by atoms with Crippen molar-refractivity contribution in [1.82, 2.24) is 0 Å². The van der Waals surface area contributed by atoms with Crippen molar-refractivity contribution >= 4 is 18.9 Å². The van der Waals surface area contributed by atoms with Gasteiger partial charge in [-0.2, -0.15) is 0 Å². The average Bonchev–Trinajstić information content (AvgIpc) is 3.40. The normalized spacial score (nSPS) is 9.17. The molecule has 12 heteroatoms. The van der Waals surface area contributed by atoms with Crippen LogP contribution in [0.15, 0.2) is 109 Å². The minimum absolute atomic E-state index is 0. The summed E-state index contributed by atoms with van der Waals surface area (Å²) in [5.41, 5.74) is 3.80. The van der Waals surface area contributed by atoms with Crippen LogP contribution < -0.4 is 14.2 Å². The summed E-state index contributed by atoms with van der Waals surface area (Å²) in [6, 6.07) is 27.9. The zero-order valence-corrected chi connectivity index (χ0v) is 42.4. The Morgan fingerprint density at radius 1 is 0.362 bits per heavy atom. The van der Waals surface area contributed by atoms with Gasteiger partial charge in [-0.1, -0.05) is 109 Å². The first-order valence-corrected chi connectivity index (χ1v) is 22.9. The maximum atomic E-state index is 11.3. The highest BCUT2D eigenvalue weighted by Crippen LogP contribution is 2.46. The van der Waals surface area contributed by atoms with Crippen molar-refractivity contribution in [2.45, 2.75) is 102 Å². The first-order chi connectivity index (χ1) is 33.0. The molecule has 0 aliphatic carbocycles. The van der Waals surface area contributed by atoms with E-state index >= 15 is 0 Å². The number of hydrogen-bond acceptors (Lipinski definition) is 12. The molecule has 6 N–H and O–H groups in total. The molecular weight excluding hydrogens is 877 g/mol. The number of rotatable bonds is 12. The van der Waals surface area contributed by atoms with Crippen molar-refractivity contribution in [3.05, 3.63) is 159 Å². The lowest BCUT2D eigenvalue weighted by Gasteiger charge is -2.23. The number of aldehydes is 3. The van der Waals surface area contributed by atoms with Gasteiger partial charge in [0, 0.05) is 34.1 Å². The molecule has 0 aliphatic rings. The Morgan fingerprint density at radius 2 is 0.696 bits per heavy atom. The molecule has 0 radical (unpaired) electrons. The van der Waals surface area contributed by atoms with Gasteiger partial charge in [0.25, 0.3) is 0 Å². The molecule has 0 unspecified atom stereocenters. The third-order valence-corrected chi connectivity index (χ3v) is 9.15. The molecule has 6 aromatic rings. The summed E-state index contributed by atoms with van der Waals surface area (Å²) in [6.45, 7) is 24.0. The van der Waals surface area contributed by atoms with Crippen LogP contribution in [0.5, 0.6) is 51.7 Å². The summed E-state index contributed by atoms with van der Waals surface area (Å²) < 4.78 is 15.7. The standard InChI is InChI=1S/C22H20O6.C22H18O6.6C2H6.CH4/c1-27-14-4-7-20(25)17(10-14)22(16-9-13(12-23)3-6-19(16)24)18-11-15(28-2)5-8-21(18)26;1-28-21-10-15(4-7-20(21)27)22(13-2-5-18(25)16(8-13)11-23)14-3-6-19(26)17(9-14)12-24;6*1-2;/h3-12,22,24-26H,1-2H3;2-12,22,25-27H,1H3;6*1-2H3;1H4. The Balaban J connectivity index is -0.00000102. The number of benzene rings is 6. The highest BCUT2D eigenvalue weighted by molar-refractivity contribution is 5.81. The second-order valence-corrected chi connectivity index (χ2v) is 12.5. The summed E-state index contributed by atoms with van der Waals surface area (Å²) >= 11 is 0. The van der Waals surface area contributed by atoms with E-state index < -0.39 is 11.8 Å². The minimum Gasteiger partial charge on any atom is -0.508 e. The second-order valence-electron chi connectivity index (χ2n) is 12.5. The highest BCUT2D eigenvalue weighted by Gasteiger charge is 2.27. The third kappa shape index (κ3) is 18.3. The van der Waals surface area contributed by atoms with Crippen molar-refractivity contribution in [3.8, 4) is 51.7 Å². The van der Waals surface area contributed by atoms with Gasteiger partial charge in [0.05, 0.1) is 32.5 Å². The van der Waals surface area contributed by atoms with Crippen LogP contribution in [0.25, 0.3) is 0 Å². The summed E-state index contributed by atoms with van der Waals surface area (Å²) in [4.78, 5) is 33.8. The van der Waals surface area contributed by atoms with Crippen LogP contribution in [-0.4, -0.2) is 70.8 Å². The van der Waals surface area contributed by atoms with Gasteiger partial charge in [0.1, 0.15) is 46.5 Å². The smallest absolute Gasteiger partial charge is 0.160 e. The van der Waals surface area contributed by atoms with Crippen molar-refractivity contribution in [1.29, 1.82) is 0 Å². The van der Waals surface area contributed by atoms with E-state index in [0.29, 0.717) is 63.7 Å². The summed E-state index contributed by atoms with van der Waals surface area (Å²) in [6.07, 6.45) is 1.78. The molecule has 0 aromatic heterocycles. The van der Waals surface area contributed by atoms with E-state index in [2.05, 4.69) is 0 Å². The fraction of sp³-hybridized carbons (Fsp3) is 0.316. The monoisotopic (exact) mass is 955 g/mol. The van der Waals surface area contributed by atoms with Crippen LogP contribution in [0.4, 0.5) is 0 Å². The van der Waals surface area contributed by atoms with E-state index in [4.69, 9.17) is 14.2 Å². The zero-order chi connectivity index (χ0) is 52.5. The summed E-state index contributed by atoms with van der Waals surface area (Å²) in [7, 11) is 4.43. The molecule has 378 valence electrons. The Labute approximate surface area is 411 Å². The quantitative estimate of drug-likeness (QED) is 0.0502. The lowest BCUT2D eigenvalue weighted by Crippen LogP contribution is -2.06. The Hall–Kier alpha value is -7.47. The van der Waals surface area contributed by atoms with E-state index in [9.17, 15) is 45.0 Å². The van der Waals surface area contributed by atoms with Gasteiger partial charge in [0.2, 0.25) is 0 Å². The van der Waals surface area contributed by atoms with E-state index in [1.54, 1.807) is 60.7 Å². The van der Waals surface area contributed by atoms with E-state index in [1.165, 1.54) is 69.9 Å². The maximum Gasteiger partial charge on any atom is 0.160 e. The van der Waals surface area contributed by atoms with Crippen LogP contribution in [-0.2, 0) is 0 Å². The number of phenolic OH excluding ortho intramolecular Hbond substituents is 6. The third-order valence-electron chi connectivity index (χ3n) is 9.15. The van der Waals surface area contributed by atoms with Crippen LogP contribution >= 0.6 is 0 Å². The predicted octanol–water partition coefficient (Wildman–Crippen LogP) is 14.2. The molecule has 0 amide bonds. The number of hydrogen-bond donors (Lipinski definition) is 6. The lowest BCUT2D eigenvalue weighted by atomic mass is 9.83. The number of carbonyl (C=O) groups excluding carboxylic acids is 3.